The van der Waals surface area contributed by atoms with E-state index in [4.69, 9.17) is 28.4 Å². The van der Waals surface area contributed by atoms with Crippen molar-refractivity contribution in [2.75, 3.05) is 66.1 Å². The van der Waals surface area contributed by atoms with Gasteiger partial charge in [-0.25, -0.2) is 0 Å². The summed E-state index contributed by atoms with van der Waals surface area (Å²) in [6.45, 7) is 4.96. The first-order valence-corrected chi connectivity index (χ1v) is 13.7. The molecule has 1 aliphatic rings. The molecule has 4 aromatic rings. The standard InChI is InChI=1S/C32H34N4O6/c1-37-26-6-4-7-27(38-2)31(26)42-24-10-8-23(9-11-24)35-29-22(20-33)21-34-30-25(29)12-13-28(32(30)39-3)41-17-5-14-36-15-18-40-19-16-36/h4,6-13,21H,5,14-19H2,1-3H3,(H,34,35). The highest BCUT2D eigenvalue weighted by molar-refractivity contribution is 5.99. The minimum atomic E-state index is 0.405. The molecule has 0 unspecified atom stereocenters. The summed E-state index contributed by atoms with van der Waals surface area (Å²) >= 11 is 0. The predicted molar refractivity (Wildman–Crippen MR) is 160 cm³/mol. The average Bonchev–Trinajstić information content (AvgIpc) is 3.04. The predicted octanol–water partition coefficient (Wildman–Crippen LogP) is 5.77. The normalized spacial score (nSPS) is 13.3. The molecule has 0 spiro atoms. The van der Waals surface area contributed by atoms with E-state index in [1.807, 2.05) is 54.6 Å². The lowest BCUT2D eigenvalue weighted by Gasteiger charge is -2.26. The maximum absolute atomic E-state index is 9.85. The molecule has 0 amide bonds. The first kappa shape index (κ1) is 28.8. The molecule has 1 fully saturated rings. The highest BCUT2D eigenvalue weighted by Crippen LogP contribution is 2.41. The lowest BCUT2D eigenvalue weighted by atomic mass is 10.1. The summed E-state index contributed by atoms with van der Waals surface area (Å²) in [7, 11) is 4.76. The van der Waals surface area contributed by atoms with Gasteiger partial charge in [0, 0.05) is 36.9 Å². The number of para-hydroxylation sites is 1. The molecular weight excluding hydrogens is 536 g/mol. The fourth-order valence-electron chi connectivity index (χ4n) is 4.83. The van der Waals surface area contributed by atoms with Gasteiger partial charge in [0.05, 0.1) is 52.4 Å². The second-order valence-corrected chi connectivity index (χ2v) is 9.55. The van der Waals surface area contributed by atoms with Crippen LogP contribution in [0.5, 0.6) is 34.5 Å². The van der Waals surface area contributed by atoms with Crippen molar-refractivity contribution >= 4 is 22.3 Å². The summed E-state index contributed by atoms with van der Waals surface area (Å²) in [5, 5.41) is 14.0. The summed E-state index contributed by atoms with van der Waals surface area (Å²) in [5.74, 6) is 3.35. The van der Waals surface area contributed by atoms with Gasteiger partial charge in [-0.15, -0.1) is 0 Å². The maximum Gasteiger partial charge on any atom is 0.210 e. The fraction of sp³-hybridized carbons (Fsp3) is 0.312. The Balaban J connectivity index is 1.34. The van der Waals surface area contributed by atoms with E-state index in [1.165, 1.54) is 0 Å². The number of pyridine rings is 1. The van der Waals surface area contributed by atoms with E-state index in [2.05, 4.69) is 21.3 Å². The number of methoxy groups -OCH3 is 3. The van der Waals surface area contributed by atoms with Gasteiger partial charge in [0.1, 0.15) is 17.3 Å². The van der Waals surface area contributed by atoms with Gasteiger partial charge in [-0.3, -0.25) is 9.88 Å². The summed E-state index contributed by atoms with van der Waals surface area (Å²) in [5.41, 5.74) is 2.40. The molecule has 1 aromatic heterocycles. The molecule has 10 nitrogen and oxygen atoms in total. The van der Waals surface area contributed by atoms with Gasteiger partial charge < -0.3 is 33.7 Å². The molecule has 0 radical (unpaired) electrons. The summed E-state index contributed by atoms with van der Waals surface area (Å²) in [4.78, 5) is 6.92. The van der Waals surface area contributed by atoms with Crippen LogP contribution in [0.2, 0.25) is 0 Å². The third-order valence-electron chi connectivity index (χ3n) is 6.99. The quantitative estimate of drug-likeness (QED) is 0.211. The van der Waals surface area contributed by atoms with Gasteiger partial charge in [-0.1, -0.05) is 6.07 Å². The van der Waals surface area contributed by atoms with E-state index in [9.17, 15) is 5.26 Å². The molecule has 0 aliphatic carbocycles. The molecular formula is C32H34N4O6. The van der Waals surface area contributed by atoms with Crippen molar-refractivity contribution in [1.82, 2.24) is 9.88 Å². The molecule has 3 aromatic carbocycles. The summed E-state index contributed by atoms with van der Waals surface area (Å²) < 4.78 is 34.2. The lowest BCUT2D eigenvalue weighted by molar-refractivity contribution is 0.0357. The van der Waals surface area contributed by atoms with E-state index >= 15 is 0 Å². The molecule has 0 saturated carbocycles. The first-order valence-electron chi connectivity index (χ1n) is 13.7. The molecule has 0 atom stereocenters. The Bertz CT molecular complexity index is 1530. The zero-order valence-corrected chi connectivity index (χ0v) is 24.0. The second-order valence-electron chi connectivity index (χ2n) is 9.55. The topological polar surface area (TPSA) is 107 Å². The highest BCUT2D eigenvalue weighted by atomic mass is 16.5. The molecule has 42 heavy (non-hydrogen) atoms. The number of aromatic nitrogens is 1. The van der Waals surface area contributed by atoms with Gasteiger partial charge in [-0.05, 0) is 55.0 Å². The van der Waals surface area contributed by atoms with Crippen LogP contribution in [0.3, 0.4) is 0 Å². The molecule has 1 aliphatic heterocycles. The second kappa shape index (κ2) is 13.8. The monoisotopic (exact) mass is 570 g/mol. The molecule has 5 rings (SSSR count). The van der Waals surface area contributed by atoms with Crippen LogP contribution in [-0.4, -0.2) is 70.7 Å². The maximum atomic E-state index is 9.85. The number of rotatable bonds is 12. The molecule has 218 valence electrons. The summed E-state index contributed by atoms with van der Waals surface area (Å²) in [6, 6.07) is 18.8. The van der Waals surface area contributed by atoms with Crippen LogP contribution in [0.1, 0.15) is 12.0 Å². The number of morpholine rings is 1. The molecule has 2 heterocycles. The number of hydrogen-bond acceptors (Lipinski definition) is 10. The van der Waals surface area contributed by atoms with E-state index in [1.54, 1.807) is 27.5 Å². The van der Waals surface area contributed by atoms with Crippen molar-refractivity contribution in [2.24, 2.45) is 0 Å². The number of fused-ring (bicyclic) bond motifs is 1. The third-order valence-corrected chi connectivity index (χ3v) is 6.99. The Hall–Kier alpha value is -4.72. The van der Waals surface area contributed by atoms with E-state index < -0.39 is 0 Å². The molecule has 1 saturated heterocycles. The van der Waals surface area contributed by atoms with Gasteiger partial charge in [0.15, 0.2) is 23.0 Å². The Labute approximate surface area is 245 Å². The van der Waals surface area contributed by atoms with E-state index in [-0.39, 0.29) is 0 Å². The zero-order valence-electron chi connectivity index (χ0n) is 24.0. The van der Waals surface area contributed by atoms with Crippen molar-refractivity contribution in [3.05, 3.63) is 66.4 Å². The number of nitriles is 1. The SMILES string of the molecule is COc1cccc(OC)c1Oc1ccc(Nc2c(C#N)cnc3c(OC)c(OCCCN4CCOCC4)ccc23)cc1. The fourth-order valence-corrected chi connectivity index (χ4v) is 4.83. The van der Waals surface area contributed by atoms with Crippen molar-refractivity contribution in [3.63, 3.8) is 0 Å². The van der Waals surface area contributed by atoms with Crippen LogP contribution in [0, 0.1) is 11.3 Å². The minimum absolute atomic E-state index is 0.405. The third kappa shape index (κ3) is 6.43. The van der Waals surface area contributed by atoms with Crippen molar-refractivity contribution in [2.45, 2.75) is 6.42 Å². The number of ether oxygens (including phenoxy) is 6. The molecule has 10 heteroatoms. The Kier molecular flexibility index (Phi) is 9.44. The smallest absolute Gasteiger partial charge is 0.210 e. The molecule has 0 bridgehead atoms. The van der Waals surface area contributed by atoms with Gasteiger partial charge >= 0.3 is 0 Å². The van der Waals surface area contributed by atoms with E-state index in [0.29, 0.717) is 57.9 Å². The van der Waals surface area contributed by atoms with Crippen LogP contribution in [0.4, 0.5) is 11.4 Å². The van der Waals surface area contributed by atoms with Crippen LogP contribution < -0.4 is 29.0 Å². The Morgan fingerprint density at radius 3 is 2.31 bits per heavy atom. The lowest BCUT2D eigenvalue weighted by Crippen LogP contribution is -2.37. The molecule has 1 N–H and O–H groups in total. The zero-order chi connectivity index (χ0) is 29.3. The number of anilines is 2. The van der Waals surface area contributed by atoms with Crippen LogP contribution in [-0.2, 0) is 4.74 Å². The minimum Gasteiger partial charge on any atom is -0.493 e. The number of hydrogen-bond donors (Lipinski definition) is 1. The van der Waals surface area contributed by atoms with Gasteiger partial charge in [0.25, 0.3) is 0 Å². The van der Waals surface area contributed by atoms with Crippen LogP contribution in [0.25, 0.3) is 10.9 Å². The van der Waals surface area contributed by atoms with E-state index in [0.717, 1.165) is 50.3 Å². The Morgan fingerprint density at radius 2 is 1.64 bits per heavy atom. The number of nitrogens with one attached hydrogen (secondary N) is 1. The van der Waals surface area contributed by atoms with Crippen LogP contribution in [0.15, 0.2) is 60.8 Å². The highest BCUT2D eigenvalue weighted by Gasteiger charge is 2.18. The number of benzene rings is 3. The van der Waals surface area contributed by atoms with Crippen molar-refractivity contribution in [3.8, 4) is 40.6 Å². The first-order chi connectivity index (χ1) is 20.6. The Morgan fingerprint density at radius 1 is 0.905 bits per heavy atom. The van der Waals surface area contributed by atoms with Gasteiger partial charge in [-0.2, -0.15) is 5.26 Å². The van der Waals surface area contributed by atoms with Crippen molar-refractivity contribution < 1.29 is 28.4 Å². The average molecular weight is 571 g/mol. The van der Waals surface area contributed by atoms with Gasteiger partial charge in [0.2, 0.25) is 5.75 Å². The largest absolute Gasteiger partial charge is 0.493 e. The van der Waals surface area contributed by atoms with Crippen molar-refractivity contribution in [1.29, 1.82) is 5.26 Å². The summed E-state index contributed by atoms with van der Waals surface area (Å²) in [6.07, 6.45) is 2.43. The van der Waals surface area contributed by atoms with Crippen LogP contribution >= 0.6 is 0 Å². The number of nitrogens with zero attached hydrogens (tertiary/aromatic N) is 3.